The molecule has 0 aliphatic heterocycles. The molecule has 1 atom stereocenters. The van der Waals surface area contributed by atoms with Gasteiger partial charge in [-0.05, 0) is 86.6 Å². The van der Waals surface area contributed by atoms with Crippen LogP contribution in [0.25, 0.3) is 12.2 Å². The molecule has 0 saturated heterocycles. The number of unbranched alkanes of at least 4 members (excludes halogenated alkanes) is 3. The number of benzene rings is 4. The van der Waals surface area contributed by atoms with Crippen LogP contribution in [0.5, 0.6) is 23.0 Å². The summed E-state index contributed by atoms with van der Waals surface area (Å²) < 4.78 is 12.3. The van der Waals surface area contributed by atoms with Crippen molar-refractivity contribution in [1.29, 1.82) is 0 Å². The van der Waals surface area contributed by atoms with Crippen molar-refractivity contribution in [3.8, 4) is 23.0 Å². The predicted molar refractivity (Wildman–Crippen MR) is 171 cm³/mol. The van der Waals surface area contributed by atoms with Gasteiger partial charge in [0.05, 0.1) is 0 Å². The Bertz CT molecular complexity index is 1360. The summed E-state index contributed by atoms with van der Waals surface area (Å²) in [4.78, 5) is 0. The van der Waals surface area contributed by atoms with Gasteiger partial charge in [0.2, 0.25) is 0 Å². The first-order valence-corrected chi connectivity index (χ1v) is 14.6. The molecule has 1 unspecified atom stereocenters. The maximum Gasteiger partial charge on any atom is 0.134 e. The second-order valence-corrected chi connectivity index (χ2v) is 10.3. The van der Waals surface area contributed by atoms with Gasteiger partial charge >= 0.3 is 0 Å². The number of allylic oxidation sites excluding steroid dienone is 2. The predicted octanol–water partition coefficient (Wildman–Crippen LogP) is 11.6. The van der Waals surface area contributed by atoms with Crippen molar-refractivity contribution in [3.63, 3.8) is 0 Å². The van der Waals surface area contributed by atoms with E-state index in [9.17, 15) is 0 Å². The summed E-state index contributed by atoms with van der Waals surface area (Å²) in [7, 11) is 0. The second-order valence-electron chi connectivity index (χ2n) is 10.3. The average Bonchev–Trinajstić information content (AvgIpc) is 2.98. The summed E-state index contributed by atoms with van der Waals surface area (Å²) in [5.41, 5.74) is 4.94. The molecule has 0 aliphatic carbocycles. The molecule has 0 bridgehead atoms. The van der Waals surface area contributed by atoms with Gasteiger partial charge in [0.15, 0.2) is 0 Å². The molecule has 0 saturated carbocycles. The average molecular weight is 531 g/mol. The molecule has 2 nitrogen and oxygen atoms in total. The zero-order chi connectivity index (χ0) is 28.0. The zero-order valence-corrected chi connectivity index (χ0v) is 24.2. The molecule has 0 spiro atoms. The van der Waals surface area contributed by atoms with E-state index in [1.165, 1.54) is 43.2 Å². The largest absolute Gasteiger partial charge is 0.457 e. The van der Waals surface area contributed by atoms with Gasteiger partial charge < -0.3 is 9.47 Å². The normalized spacial score (nSPS) is 12.2. The molecule has 0 fully saturated rings. The fourth-order valence-corrected chi connectivity index (χ4v) is 4.92. The first-order valence-electron chi connectivity index (χ1n) is 14.6. The minimum atomic E-state index is 0.551. The van der Waals surface area contributed by atoms with Crippen LogP contribution in [0.4, 0.5) is 0 Å². The highest BCUT2D eigenvalue weighted by molar-refractivity contribution is 5.58. The Labute approximate surface area is 241 Å². The van der Waals surface area contributed by atoms with E-state index in [0.29, 0.717) is 5.92 Å². The van der Waals surface area contributed by atoms with Crippen molar-refractivity contribution < 1.29 is 9.47 Å². The van der Waals surface area contributed by atoms with Crippen LogP contribution in [0.3, 0.4) is 0 Å². The van der Waals surface area contributed by atoms with Gasteiger partial charge in [-0.2, -0.15) is 0 Å². The van der Waals surface area contributed by atoms with Crippen LogP contribution in [0, 0.1) is 0 Å². The lowest BCUT2D eigenvalue weighted by atomic mass is 9.94. The molecule has 4 rings (SSSR count). The highest BCUT2D eigenvalue weighted by atomic mass is 16.5. The third-order valence-electron chi connectivity index (χ3n) is 7.21. The quantitative estimate of drug-likeness (QED) is 0.151. The van der Waals surface area contributed by atoms with Crippen molar-refractivity contribution in [2.24, 2.45) is 0 Å². The summed E-state index contributed by atoms with van der Waals surface area (Å²) >= 11 is 0. The maximum atomic E-state index is 6.14. The van der Waals surface area contributed by atoms with Gasteiger partial charge in [-0.15, -0.1) is 0 Å². The number of rotatable bonds is 14. The van der Waals surface area contributed by atoms with Gasteiger partial charge in [-0.25, -0.2) is 0 Å². The molecular weight excluding hydrogens is 488 g/mol. The van der Waals surface area contributed by atoms with Crippen LogP contribution < -0.4 is 9.47 Å². The summed E-state index contributed by atoms with van der Waals surface area (Å²) in [6.45, 7) is 6.38. The van der Waals surface area contributed by atoms with E-state index >= 15 is 0 Å². The van der Waals surface area contributed by atoms with E-state index < -0.39 is 0 Å². The summed E-state index contributed by atoms with van der Waals surface area (Å²) in [5.74, 6) is 4.09. The number of aryl methyl sites for hydroxylation is 1. The molecule has 0 aliphatic rings. The van der Waals surface area contributed by atoms with Crippen LogP contribution in [-0.2, 0) is 6.42 Å². The van der Waals surface area contributed by atoms with Gasteiger partial charge in [0.25, 0.3) is 0 Å². The van der Waals surface area contributed by atoms with E-state index in [1.807, 2.05) is 62.4 Å². The molecule has 0 N–H and O–H groups in total. The van der Waals surface area contributed by atoms with Crippen LogP contribution in [0.15, 0.2) is 109 Å². The Morgan fingerprint density at radius 3 is 1.62 bits per heavy atom. The third-order valence-corrected chi connectivity index (χ3v) is 7.21. The molecule has 0 radical (unpaired) electrons. The molecule has 0 amide bonds. The van der Waals surface area contributed by atoms with E-state index in [0.717, 1.165) is 40.5 Å². The monoisotopic (exact) mass is 530 g/mol. The molecule has 0 heterocycles. The van der Waals surface area contributed by atoms with Crippen LogP contribution in [-0.4, -0.2) is 0 Å². The number of hydrogen-bond donors (Lipinski definition) is 0. The molecule has 40 heavy (non-hydrogen) atoms. The molecular formula is C38H42O2. The summed E-state index contributed by atoms with van der Waals surface area (Å²) in [5, 5.41) is 0. The number of ether oxygens (including phenoxy) is 2. The van der Waals surface area contributed by atoms with E-state index in [1.54, 1.807) is 0 Å². The Balaban J connectivity index is 1.15. The van der Waals surface area contributed by atoms with Crippen molar-refractivity contribution in [1.82, 2.24) is 0 Å². The minimum absolute atomic E-state index is 0.551. The SMILES string of the molecule is CC=Cc1ccccc1Oc1ccc(CCCCCCC(C)c2ccc(Oc3ccccc3C=CC)cc2)cc1. The number of para-hydroxylation sites is 2. The fourth-order valence-electron chi connectivity index (χ4n) is 4.92. The Morgan fingerprint density at radius 1 is 0.575 bits per heavy atom. The maximum absolute atomic E-state index is 6.14. The van der Waals surface area contributed by atoms with Crippen LogP contribution in [0.1, 0.15) is 81.0 Å². The highest BCUT2D eigenvalue weighted by Crippen LogP contribution is 2.30. The van der Waals surface area contributed by atoms with Gasteiger partial charge in [-0.3, -0.25) is 0 Å². The zero-order valence-electron chi connectivity index (χ0n) is 24.2. The lowest BCUT2D eigenvalue weighted by Crippen LogP contribution is -1.95. The fraction of sp³-hybridized carbons (Fsp3) is 0.263. The molecule has 4 aromatic carbocycles. The van der Waals surface area contributed by atoms with E-state index in [-0.39, 0.29) is 0 Å². The smallest absolute Gasteiger partial charge is 0.134 e. The van der Waals surface area contributed by atoms with Crippen molar-refractivity contribution in [2.45, 2.75) is 65.2 Å². The standard InChI is InChI=1S/C38H42O2/c1-4-14-33-18-10-12-20-37(33)39-35-26-22-31(23-27-35)17-9-7-6-8-16-30(3)32-24-28-36(29-25-32)40-38-21-13-11-19-34(38)15-5-2/h4-5,10-15,18-30H,6-9,16-17H2,1-3H3. The van der Waals surface area contributed by atoms with E-state index in [2.05, 4.69) is 79.7 Å². The molecule has 4 aromatic rings. The van der Waals surface area contributed by atoms with Gasteiger partial charge in [-0.1, -0.05) is 111 Å². The Morgan fingerprint density at radius 2 is 1.07 bits per heavy atom. The topological polar surface area (TPSA) is 18.5 Å². The Hall–Kier alpha value is -4.04. The van der Waals surface area contributed by atoms with Crippen LogP contribution in [0.2, 0.25) is 0 Å². The van der Waals surface area contributed by atoms with E-state index in [4.69, 9.17) is 9.47 Å². The van der Waals surface area contributed by atoms with Gasteiger partial charge in [0, 0.05) is 11.1 Å². The summed E-state index contributed by atoms with van der Waals surface area (Å²) in [6, 6.07) is 33.4. The van der Waals surface area contributed by atoms with Crippen molar-refractivity contribution in [2.75, 3.05) is 0 Å². The summed E-state index contributed by atoms with van der Waals surface area (Å²) in [6.07, 6.45) is 15.6. The minimum Gasteiger partial charge on any atom is -0.457 e. The Kier molecular flexibility index (Phi) is 11.2. The van der Waals surface area contributed by atoms with Gasteiger partial charge in [0.1, 0.15) is 23.0 Å². The lowest BCUT2D eigenvalue weighted by Gasteiger charge is -2.14. The van der Waals surface area contributed by atoms with Crippen molar-refractivity contribution >= 4 is 12.2 Å². The molecule has 206 valence electrons. The molecule has 0 aromatic heterocycles. The number of hydrogen-bond acceptors (Lipinski definition) is 2. The first kappa shape index (κ1) is 29.0. The van der Waals surface area contributed by atoms with Crippen molar-refractivity contribution in [3.05, 3.63) is 131 Å². The lowest BCUT2D eigenvalue weighted by molar-refractivity contribution is 0.481. The highest BCUT2D eigenvalue weighted by Gasteiger charge is 2.08. The van der Waals surface area contributed by atoms with Crippen LogP contribution >= 0.6 is 0 Å². The molecule has 2 heteroatoms. The first-order chi connectivity index (χ1) is 19.7. The second kappa shape index (κ2) is 15.5. The third kappa shape index (κ3) is 8.74.